The third kappa shape index (κ3) is 6.52. The number of ether oxygens (including phenoxy) is 3. The molecule has 2 aliphatic carbocycles. The van der Waals surface area contributed by atoms with Crippen LogP contribution in [0, 0.1) is 22.7 Å². The molecule has 208 valence electrons. The molecule has 10 nitrogen and oxygen atoms in total. The van der Waals surface area contributed by atoms with Crippen molar-refractivity contribution in [2.24, 2.45) is 22.7 Å². The molecule has 3 rings (SSSR count). The van der Waals surface area contributed by atoms with Crippen molar-refractivity contribution in [1.29, 1.82) is 0 Å². The lowest BCUT2D eigenvalue weighted by atomic mass is 9.46. The van der Waals surface area contributed by atoms with Gasteiger partial charge in [0, 0.05) is 23.3 Å². The predicted molar refractivity (Wildman–Crippen MR) is 128 cm³/mol. The number of carbonyl (C=O) groups excluding carboxylic acids is 5. The van der Waals surface area contributed by atoms with E-state index in [1.165, 1.54) is 0 Å². The van der Waals surface area contributed by atoms with Gasteiger partial charge >= 0.3 is 17.9 Å². The Hall–Kier alpha value is -3.43. The summed E-state index contributed by atoms with van der Waals surface area (Å²) in [5.41, 5.74) is 0.252. The number of esters is 3. The molecular weight excluding hydrogens is 496 g/mol. The number of fused-ring (bicyclic) bond motifs is 1. The maximum absolute atomic E-state index is 12.5. The monoisotopic (exact) mass is 530 g/mol. The Morgan fingerprint density at radius 2 is 1.74 bits per heavy atom. The van der Waals surface area contributed by atoms with Gasteiger partial charge in [0.25, 0.3) is 0 Å². The van der Waals surface area contributed by atoms with E-state index in [1.54, 1.807) is 12.2 Å². The van der Waals surface area contributed by atoms with E-state index in [4.69, 9.17) is 14.2 Å². The van der Waals surface area contributed by atoms with E-state index in [0.29, 0.717) is 31.3 Å². The van der Waals surface area contributed by atoms with Crippen LogP contribution in [0.2, 0.25) is 0 Å². The highest BCUT2D eigenvalue weighted by Crippen LogP contribution is 2.62. The minimum absolute atomic E-state index is 0.110. The first kappa shape index (κ1) is 29.1. The van der Waals surface area contributed by atoms with Crippen molar-refractivity contribution in [2.75, 3.05) is 13.2 Å². The standard InChI is InChI=1S/C28H36O10/c1-17-4-7-20-27(2,19(17)6-5-18-13-15-36-26(18)35)14-12-21(38-25(34)11-9-23(31)32)28(20,3)16-37-24(33)10-8-22(29)30/h5-6,13,19-21H,1,4,7-12,14-16H2,2-3H3,(H,29,30)(H,31,32)/p-2. The molecule has 3 aliphatic rings. The lowest BCUT2D eigenvalue weighted by Gasteiger charge is -2.60. The van der Waals surface area contributed by atoms with Crippen molar-refractivity contribution in [1.82, 2.24) is 0 Å². The Kier molecular flexibility index (Phi) is 9.17. The molecule has 0 bridgehead atoms. The summed E-state index contributed by atoms with van der Waals surface area (Å²) in [6.45, 7) is 8.40. The largest absolute Gasteiger partial charge is 0.550 e. The fraction of sp³-hybridized carbons (Fsp3) is 0.607. The van der Waals surface area contributed by atoms with E-state index < -0.39 is 48.2 Å². The van der Waals surface area contributed by atoms with Crippen molar-refractivity contribution < 1.29 is 48.4 Å². The number of carboxylic acids is 2. The highest BCUT2D eigenvalue weighted by molar-refractivity contribution is 5.93. The number of hydrogen-bond donors (Lipinski definition) is 0. The highest BCUT2D eigenvalue weighted by Gasteiger charge is 2.59. The van der Waals surface area contributed by atoms with Crippen molar-refractivity contribution >= 4 is 29.8 Å². The van der Waals surface area contributed by atoms with Crippen LogP contribution in [-0.2, 0) is 38.2 Å². The number of allylic oxidation sites excluding steroid dienone is 2. The summed E-state index contributed by atoms with van der Waals surface area (Å²) in [4.78, 5) is 58.3. The highest BCUT2D eigenvalue weighted by atomic mass is 16.6. The summed E-state index contributed by atoms with van der Waals surface area (Å²) in [5, 5.41) is 21.6. The minimum Gasteiger partial charge on any atom is -0.550 e. The first-order valence-electron chi connectivity index (χ1n) is 12.8. The minimum atomic E-state index is -1.36. The van der Waals surface area contributed by atoms with Gasteiger partial charge in [-0.3, -0.25) is 9.59 Å². The summed E-state index contributed by atoms with van der Waals surface area (Å²) in [5.74, 6) is -4.71. The third-order valence-electron chi connectivity index (χ3n) is 8.28. The maximum Gasteiger partial charge on any atom is 0.338 e. The number of carbonyl (C=O) groups is 5. The zero-order valence-corrected chi connectivity index (χ0v) is 21.8. The zero-order chi connectivity index (χ0) is 28.1. The second-order valence-corrected chi connectivity index (χ2v) is 10.8. The fourth-order valence-electron chi connectivity index (χ4n) is 6.29. The molecule has 5 atom stereocenters. The van der Waals surface area contributed by atoms with Crippen LogP contribution in [-0.4, -0.2) is 49.2 Å². The fourth-order valence-corrected chi connectivity index (χ4v) is 6.29. The molecule has 10 heteroatoms. The Labute approximate surface area is 221 Å². The van der Waals surface area contributed by atoms with E-state index in [0.717, 1.165) is 5.57 Å². The van der Waals surface area contributed by atoms with Crippen LogP contribution in [0.15, 0.2) is 36.0 Å². The lowest BCUT2D eigenvalue weighted by Crippen LogP contribution is -2.58. The molecule has 0 aromatic heterocycles. The summed E-state index contributed by atoms with van der Waals surface area (Å²) in [6.07, 6.45) is 5.57. The van der Waals surface area contributed by atoms with E-state index in [1.807, 2.05) is 13.0 Å². The van der Waals surface area contributed by atoms with Crippen molar-refractivity contribution in [3.8, 4) is 0 Å². The second kappa shape index (κ2) is 12.0. The number of hydrogen-bond acceptors (Lipinski definition) is 10. The van der Waals surface area contributed by atoms with E-state index in [2.05, 4.69) is 13.5 Å². The maximum atomic E-state index is 12.5. The first-order chi connectivity index (χ1) is 17.9. The predicted octanol–water partition coefficient (Wildman–Crippen LogP) is 0.930. The lowest BCUT2D eigenvalue weighted by molar-refractivity contribution is -0.307. The van der Waals surface area contributed by atoms with Gasteiger partial charge in [-0.25, -0.2) is 4.79 Å². The number of cyclic esters (lactones) is 1. The molecule has 1 heterocycles. The van der Waals surface area contributed by atoms with E-state index >= 15 is 0 Å². The number of aliphatic carboxylic acids is 2. The first-order valence-corrected chi connectivity index (χ1v) is 12.8. The normalized spacial score (nSPS) is 30.8. The van der Waals surface area contributed by atoms with E-state index in [-0.39, 0.29) is 49.3 Å². The molecule has 2 fully saturated rings. The van der Waals surface area contributed by atoms with Gasteiger partial charge in [0.1, 0.15) is 19.3 Å². The summed E-state index contributed by atoms with van der Waals surface area (Å²) in [6, 6.07) is 0. The number of carboxylic acid groups (broad SMARTS) is 2. The molecule has 0 N–H and O–H groups in total. The van der Waals surface area contributed by atoms with Crippen LogP contribution in [0.5, 0.6) is 0 Å². The SMILES string of the molecule is C=C1CCC2C(C)(COC(=O)CCC(=O)[O-])C(OC(=O)CCC(=O)[O-])CCC2(C)C1C=CC1=CCOC1=O. The quantitative estimate of drug-likeness (QED) is 0.214. The Balaban J connectivity index is 1.88. The molecule has 0 aromatic carbocycles. The van der Waals surface area contributed by atoms with Gasteiger partial charge in [0.2, 0.25) is 0 Å². The molecule has 0 saturated heterocycles. The van der Waals surface area contributed by atoms with Crippen LogP contribution < -0.4 is 10.2 Å². The Morgan fingerprint density at radius 1 is 1.08 bits per heavy atom. The van der Waals surface area contributed by atoms with Crippen LogP contribution in [0.3, 0.4) is 0 Å². The van der Waals surface area contributed by atoms with E-state index in [9.17, 15) is 34.2 Å². The van der Waals surface area contributed by atoms with Gasteiger partial charge < -0.3 is 34.0 Å². The molecular formula is C28H34O10-2. The van der Waals surface area contributed by atoms with Gasteiger partial charge in [0.15, 0.2) is 0 Å². The Morgan fingerprint density at radius 3 is 2.34 bits per heavy atom. The molecule has 5 unspecified atom stereocenters. The topological polar surface area (TPSA) is 159 Å². The van der Waals surface area contributed by atoms with Crippen molar-refractivity contribution in [3.63, 3.8) is 0 Å². The molecule has 2 saturated carbocycles. The molecule has 0 amide bonds. The average Bonchev–Trinajstić information content (AvgIpc) is 3.26. The smallest absolute Gasteiger partial charge is 0.338 e. The van der Waals surface area contributed by atoms with Crippen LogP contribution in [0.25, 0.3) is 0 Å². The summed E-state index contributed by atoms with van der Waals surface area (Å²) < 4.78 is 16.3. The average molecular weight is 531 g/mol. The van der Waals surface area contributed by atoms with Crippen LogP contribution >= 0.6 is 0 Å². The van der Waals surface area contributed by atoms with Gasteiger partial charge in [0.05, 0.1) is 18.4 Å². The van der Waals surface area contributed by atoms with Crippen LogP contribution in [0.1, 0.15) is 65.2 Å². The van der Waals surface area contributed by atoms with Gasteiger partial charge in [-0.1, -0.05) is 38.2 Å². The van der Waals surface area contributed by atoms with Crippen LogP contribution in [0.4, 0.5) is 0 Å². The molecule has 0 radical (unpaired) electrons. The van der Waals surface area contributed by atoms with Gasteiger partial charge in [-0.15, -0.1) is 0 Å². The van der Waals surface area contributed by atoms with Crippen molar-refractivity contribution in [3.05, 3.63) is 36.0 Å². The molecule has 0 aromatic rings. The molecule has 38 heavy (non-hydrogen) atoms. The zero-order valence-electron chi connectivity index (χ0n) is 21.8. The second-order valence-electron chi connectivity index (χ2n) is 10.8. The Bertz CT molecular complexity index is 1060. The van der Waals surface area contributed by atoms with Gasteiger partial charge in [-0.05, 0) is 55.9 Å². The molecule has 0 spiro atoms. The van der Waals surface area contributed by atoms with Gasteiger partial charge in [-0.2, -0.15) is 0 Å². The third-order valence-corrected chi connectivity index (χ3v) is 8.28. The number of rotatable bonds is 11. The summed E-state index contributed by atoms with van der Waals surface area (Å²) >= 11 is 0. The van der Waals surface area contributed by atoms with Crippen molar-refractivity contribution in [2.45, 2.75) is 71.3 Å². The summed E-state index contributed by atoms with van der Waals surface area (Å²) in [7, 11) is 0. The molecule has 1 aliphatic heterocycles.